The number of hydrogen-bond acceptors (Lipinski definition) is 7. The zero-order chi connectivity index (χ0) is 25.3. The summed E-state index contributed by atoms with van der Waals surface area (Å²) >= 11 is 2.80. The second-order valence-corrected chi connectivity index (χ2v) is 9.97. The molecule has 1 unspecified atom stereocenters. The van der Waals surface area contributed by atoms with E-state index in [4.69, 9.17) is 9.47 Å². The third-order valence-electron chi connectivity index (χ3n) is 5.03. The van der Waals surface area contributed by atoms with Gasteiger partial charge in [-0.2, -0.15) is 0 Å². The highest BCUT2D eigenvalue weighted by molar-refractivity contribution is 8.00. The van der Waals surface area contributed by atoms with Gasteiger partial charge in [-0.15, -0.1) is 23.1 Å². The fraction of sp³-hybridized carbons (Fsp3) is 0.148. The van der Waals surface area contributed by atoms with Crippen molar-refractivity contribution in [3.63, 3.8) is 0 Å². The van der Waals surface area contributed by atoms with Crippen LogP contribution in [0, 0.1) is 0 Å². The van der Waals surface area contributed by atoms with Crippen molar-refractivity contribution in [3.05, 3.63) is 84.2 Å². The minimum absolute atomic E-state index is 0.0754. The molecule has 7 nitrogen and oxygen atoms in total. The van der Waals surface area contributed by atoms with Gasteiger partial charge in [0.15, 0.2) is 11.7 Å². The lowest BCUT2D eigenvalue weighted by Crippen LogP contribution is -2.22. The first kappa shape index (κ1) is 25.3. The molecule has 0 spiro atoms. The van der Waals surface area contributed by atoms with E-state index in [1.54, 1.807) is 31.4 Å². The molecule has 2 amide bonds. The first-order chi connectivity index (χ1) is 17.5. The second kappa shape index (κ2) is 12.2. The van der Waals surface area contributed by atoms with Gasteiger partial charge in [0.25, 0.3) is 5.91 Å². The quantitative estimate of drug-likeness (QED) is 0.252. The largest absolute Gasteiger partial charge is 0.497 e. The highest BCUT2D eigenvalue weighted by Gasteiger charge is 2.17. The number of hydrogen-bond donors (Lipinski definition) is 2. The van der Waals surface area contributed by atoms with Crippen molar-refractivity contribution in [2.45, 2.75) is 17.1 Å². The summed E-state index contributed by atoms with van der Waals surface area (Å²) < 4.78 is 10.7. The molecular formula is C27H25N3O4S2. The van der Waals surface area contributed by atoms with Gasteiger partial charge in [-0.25, -0.2) is 4.98 Å². The number of ether oxygens (including phenoxy) is 2. The van der Waals surface area contributed by atoms with Crippen molar-refractivity contribution < 1.29 is 19.1 Å². The minimum atomic E-state index is -0.339. The fourth-order valence-electron chi connectivity index (χ4n) is 3.19. The van der Waals surface area contributed by atoms with Crippen LogP contribution in [0.15, 0.2) is 89.1 Å². The molecule has 0 saturated heterocycles. The van der Waals surface area contributed by atoms with Crippen molar-refractivity contribution in [1.82, 2.24) is 4.98 Å². The Kier molecular flexibility index (Phi) is 8.59. The van der Waals surface area contributed by atoms with Crippen LogP contribution in [-0.2, 0) is 9.59 Å². The minimum Gasteiger partial charge on any atom is -0.497 e. The fourth-order valence-corrected chi connectivity index (χ4v) is 4.78. The summed E-state index contributed by atoms with van der Waals surface area (Å²) in [6, 6.07) is 24.1. The van der Waals surface area contributed by atoms with E-state index in [9.17, 15) is 9.59 Å². The number of benzene rings is 3. The van der Waals surface area contributed by atoms with Gasteiger partial charge in [-0.1, -0.05) is 30.3 Å². The van der Waals surface area contributed by atoms with Crippen LogP contribution in [-0.4, -0.2) is 35.8 Å². The Hall–Kier alpha value is -3.82. The normalized spacial score (nSPS) is 11.4. The highest BCUT2D eigenvalue weighted by atomic mass is 32.2. The first-order valence-corrected chi connectivity index (χ1v) is 12.9. The number of para-hydroxylation sites is 1. The van der Waals surface area contributed by atoms with Crippen LogP contribution in [0.1, 0.15) is 6.92 Å². The monoisotopic (exact) mass is 519 g/mol. The number of anilines is 2. The molecule has 9 heteroatoms. The lowest BCUT2D eigenvalue weighted by atomic mass is 10.2. The van der Waals surface area contributed by atoms with E-state index in [0.29, 0.717) is 16.6 Å². The number of nitrogens with one attached hydrogen (secondary N) is 2. The molecule has 0 aliphatic rings. The van der Waals surface area contributed by atoms with E-state index in [2.05, 4.69) is 15.6 Å². The van der Waals surface area contributed by atoms with Crippen LogP contribution in [0.2, 0.25) is 0 Å². The lowest BCUT2D eigenvalue weighted by Gasteiger charge is -2.11. The molecule has 3 aromatic carbocycles. The van der Waals surface area contributed by atoms with Gasteiger partial charge < -0.3 is 20.1 Å². The third-order valence-corrected chi connectivity index (χ3v) is 6.90. The molecule has 1 aromatic heterocycles. The topological polar surface area (TPSA) is 89.6 Å². The van der Waals surface area contributed by atoms with Gasteiger partial charge in [0, 0.05) is 21.5 Å². The SMILES string of the molecule is COc1cccc(-c2csc(NC(=O)C(C)Sc3ccc(NC(=O)COc4ccccc4)cc3)n2)c1. The van der Waals surface area contributed by atoms with Crippen molar-refractivity contribution in [2.24, 2.45) is 0 Å². The molecule has 1 atom stereocenters. The van der Waals surface area contributed by atoms with E-state index in [0.717, 1.165) is 21.9 Å². The number of aromatic nitrogens is 1. The molecule has 0 bridgehead atoms. The predicted octanol–water partition coefficient (Wildman–Crippen LogP) is 5.96. The van der Waals surface area contributed by atoms with E-state index < -0.39 is 0 Å². The zero-order valence-electron chi connectivity index (χ0n) is 19.8. The van der Waals surface area contributed by atoms with Gasteiger partial charge >= 0.3 is 0 Å². The number of carbonyl (C=O) groups is 2. The molecule has 0 fully saturated rings. The summed E-state index contributed by atoms with van der Waals surface area (Å²) in [5, 5.41) is 7.80. The van der Waals surface area contributed by atoms with Crippen LogP contribution in [0.5, 0.6) is 11.5 Å². The summed E-state index contributed by atoms with van der Waals surface area (Å²) in [7, 11) is 1.62. The Labute approximate surface area is 217 Å². The second-order valence-electron chi connectivity index (χ2n) is 7.69. The maximum atomic E-state index is 12.7. The number of nitrogens with zero attached hydrogens (tertiary/aromatic N) is 1. The smallest absolute Gasteiger partial charge is 0.262 e. The molecule has 2 N–H and O–H groups in total. The van der Waals surface area contributed by atoms with E-state index in [1.165, 1.54) is 23.1 Å². The van der Waals surface area contributed by atoms with E-state index >= 15 is 0 Å². The summed E-state index contributed by atoms with van der Waals surface area (Å²) in [6.07, 6.45) is 0. The van der Waals surface area contributed by atoms with Crippen molar-refractivity contribution in [1.29, 1.82) is 0 Å². The molecule has 0 aliphatic carbocycles. The molecule has 0 aliphatic heterocycles. The summed E-state index contributed by atoms with van der Waals surface area (Å²) in [5.74, 6) is 1.01. The Morgan fingerprint density at radius 2 is 1.72 bits per heavy atom. The standard InChI is InChI=1S/C27H25N3O4S2/c1-18(26(32)30-27-29-24(17-35-27)19-7-6-10-22(15-19)33-2)36-23-13-11-20(12-14-23)28-25(31)16-34-21-8-4-3-5-9-21/h3-15,17-18H,16H2,1-2H3,(H,28,31)(H,29,30,32). The highest BCUT2D eigenvalue weighted by Crippen LogP contribution is 2.29. The number of rotatable bonds is 10. The molecule has 4 rings (SSSR count). The van der Waals surface area contributed by atoms with Gasteiger partial charge in [-0.3, -0.25) is 9.59 Å². The number of amides is 2. The maximum absolute atomic E-state index is 12.7. The number of thiazole rings is 1. The molecule has 0 radical (unpaired) electrons. The van der Waals surface area contributed by atoms with Gasteiger partial charge in [-0.05, 0) is 55.5 Å². The lowest BCUT2D eigenvalue weighted by molar-refractivity contribution is -0.118. The summed E-state index contributed by atoms with van der Waals surface area (Å²) in [6.45, 7) is 1.77. The molecule has 36 heavy (non-hydrogen) atoms. The number of thioether (sulfide) groups is 1. The third kappa shape index (κ3) is 7.10. The van der Waals surface area contributed by atoms with Crippen molar-refractivity contribution in [2.75, 3.05) is 24.4 Å². The Morgan fingerprint density at radius 1 is 0.972 bits per heavy atom. The number of carbonyl (C=O) groups excluding carboxylic acids is 2. The van der Waals surface area contributed by atoms with Gasteiger partial charge in [0.05, 0.1) is 18.1 Å². The molecular weight excluding hydrogens is 494 g/mol. The Balaban J connectivity index is 1.26. The molecule has 184 valence electrons. The number of methoxy groups -OCH3 is 1. The predicted molar refractivity (Wildman–Crippen MR) is 145 cm³/mol. The Bertz CT molecular complexity index is 1310. The van der Waals surface area contributed by atoms with E-state index in [1.807, 2.05) is 66.9 Å². The average molecular weight is 520 g/mol. The van der Waals surface area contributed by atoms with Crippen molar-refractivity contribution >= 4 is 45.7 Å². The van der Waals surface area contributed by atoms with Crippen LogP contribution < -0.4 is 20.1 Å². The van der Waals surface area contributed by atoms with Crippen LogP contribution in [0.3, 0.4) is 0 Å². The van der Waals surface area contributed by atoms with E-state index in [-0.39, 0.29) is 23.7 Å². The maximum Gasteiger partial charge on any atom is 0.262 e. The van der Waals surface area contributed by atoms with Crippen LogP contribution >= 0.6 is 23.1 Å². The first-order valence-electron chi connectivity index (χ1n) is 11.2. The summed E-state index contributed by atoms with van der Waals surface area (Å²) in [4.78, 5) is 30.3. The van der Waals surface area contributed by atoms with Crippen molar-refractivity contribution in [3.8, 4) is 22.8 Å². The zero-order valence-corrected chi connectivity index (χ0v) is 21.4. The average Bonchev–Trinajstić information content (AvgIpc) is 3.37. The molecule has 4 aromatic rings. The summed E-state index contributed by atoms with van der Waals surface area (Å²) in [5.41, 5.74) is 2.36. The molecule has 1 heterocycles. The van der Waals surface area contributed by atoms with Gasteiger partial charge in [0.2, 0.25) is 5.91 Å². The molecule has 0 saturated carbocycles. The van der Waals surface area contributed by atoms with Gasteiger partial charge in [0.1, 0.15) is 11.5 Å². The van der Waals surface area contributed by atoms with Crippen LogP contribution in [0.4, 0.5) is 10.8 Å². The van der Waals surface area contributed by atoms with Crippen LogP contribution in [0.25, 0.3) is 11.3 Å². The Morgan fingerprint density at radius 3 is 2.47 bits per heavy atom.